The van der Waals surface area contributed by atoms with E-state index < -0.39 is 6.61 Å². The molecule has 8 heteroatoms. The van der Waals surface area contributed by atoms with E-state index in [9.17, 15) is 8.78 Å². The van der Waals surface area contributed by atoms with Gasteiger partial charge in [-0.2, -0.15) is 8.78 Å². The molecule has 0 unspecified atom stereocenters. The quantitative estimate of drug-likeness (QED) is 0.230. The van der Waals surface area contributed by atoms with E-state index in [-0.39, 0.29) is 29.7 Å². The molecule has 150 valence electrons. The van der Waals surface area contributed by atoms with Crippen molar-refractivity contribution in [2.45, 2.75) is 45.9 Å². The van der Waals surface area contributed by atoms with E-state index in [1.807, 2.05) is 0 Å². The lowest BCUT2D eigenvalue weighted by atomic mass is 10.2. The van der Waals surface area contributed by atoms with Crippen LogP contribution in [-0.4, -0.2) is 50.7 Å². The molecule has 5 nitrogen and oxygen atoms in total. The van der Waals surface area contributed by atoms with Gasteiger partial charge in [-0.3, -0.25) is 4.99 Å². The average molecular weight is 484 g/mol. The lowest BCUT2D eigenvalue weighted by Gasteiger charge is -2.20. The van der Waals surface area contributed by atoms with Gasteiger partial charge >= 0.3 is 6.61 Å². The minimum Gasteiger partial charge on any atom is -0.434 e. The molecule has 0 aliphatic carbocycles. The van der Waals surface area contributed by atoms with Crippen molar-refractivity contribution in [2.75, 3.05) is 27.2 Å². The summed E-state index contributed by atoms with van der Waals surface area (Å²) in [6.07, 6.45) is 2.13. The van der Waals surface area contributed by atoms with Crippen molar-refractivity contribution in [3.63, 3.8) is 0 Å². The summed E-state index contributed by atoms with van der Waals surface area (Å²) in [6, 6.07) is 7.29. The number of ether oxygens (including phenoxy) is 1. The Morgan fingerprint density at radius 2 is 1.88 bits per heavy atom. The molecular formula is C18H31F2IN4O. The fourth-order valence-electron chi connectivity index (χ4n) is 2.21. The fraction of sp³-hybridized carbons (Fsp3) is 0.611. The van der Waals surface area contributed by atoms with Crippen LogP contribution >= 0.6 is 24.0 Å². The van der Waals surface area contributed by atoms with Gasteiger partial charge in [-0.15, -0.1) is 24.0 Å². The summed E-state index contributed by atoms with van der Waals surface area (Å²) in [5, 5.41) is 6.36. The summed E-state index contributed by atoms with van der Waals surface area (Å²) in [5.41, 5.74) is 0.657. The molecule has 26 heavy (non-hydrogen) atoms. The van der Waals surface area contributed by atoms with Crippen molar-refractivity contribution < 1.29 is 13.5 Å². The van der Waals surface area contributed by atoms with E-state index in [0.29, 0.717) is 24.1 Å². The zero-order valence-electron chi connectivity index (χ0n) is 16.0. The Morgan fingerprint density at radius 3 is 2.50 bits per heavy atom. The van der Waals surface area contributed by atoms with Gasteiger partial charge in [-0.25, -0.2) is 0 Å². The number of halogens is 3. The number of aliphatic imine (C=N–C) groups is 1. The molecule has 0 fully saturated rings. The molecule has 0 saturated carbocycles. The summed E-state index contributed by atoms with van der Waals surface area (Å²) in [7, 11) is 3.81. The molecule has 0 atom stereocenters. The molecule has 0 amide bonds. The predicted octanol–water partition coefficient (Wildman–Crippen LogP) is 3.69. The van der Waals surface area contributed by atoms with Crippen molar-refractivity contribution in [3.05, 3.63) is 29.8 Å². The van der Waals surface area contributed by atoms with Crippen molar-refractivity contribution in [1.82, 2.24) is 15.5 Å². The number of hydrogen-bond acceptors (Lipinski definition) is 3. The Hall–Kier alpha value is -1.16. The zero-order chi connectivity index (χ0) is 18.7. The van der Waals surface area contributed by atoms with Gasteiger partial charge in [0.05, 0.1) is 0 Å². The molecule has 0 aliphatic rings. The zero-order valence-corrected chi connectivity index (χ0v) is 18.3. The molecule has 0 aromatic heterocycles. The van der Waals surface area contributed by atoms with Gasteiger partial charge in [0.2, 0.25) is 0 Å². The number of para-hydroxylation sites is 1. The molecule has 0 heterocycles. The highest BCUT2D eigenvalue weighted by Crippen LogP contribution is 2.19. The molecule has 0 aliphatic heterocycles. The van der Waals surface area contributed by atoms with E-state index in [2.05, 4.69) is 46.2 Å². The highest BCUT2D eigenvalue weighted by atomic mass is 127. The lowest BCUT2D eigenvalue weighted by Crippen LogP contribution is -2.37. The third kappa shape index (κ3) is 10.1. The Balaban J connectivity index is 0.00000625. The molecule has 0 radical (unpaired) electrons. The van der Waals surface area contributed by atoms with Gasteiger partial charge in [0.1, 0.15) is 5.75 Å². The minimum absolute atomic E-state index is 0. The SMILES string of the molecule is CN=C(NCCCCN(C)C(C)C)NCc1ccccc1OC(F)F.I. The van der Waals surface area contributed by atoms with Crippen LogP contribution in [0.5, 0.6) is 5.75 Å². The van der Waals surface area contributed by atoms with Crippen LogP contribution in [-0.2, 0) is 6.54 Å². The Kier molecular flexibility index (Phi) is 13.3. The Labute approximate surface area is 172 Å². The number of guanidine groups is 1. The van der Waals surface area contributed by atoms with Crippen LogP contribution in [0.2, 0.25) is 0 Å². The van der Waals surface area contributed by atoms with Gasteiger partial charge in [0.25, 0.3) is 0 Å². The summed E-state index contributed by atoms with van der Waals surface area (Å²) in [5.74, 6) is 0.821. The number of hydrogen-bond donors (Lipinski definition) is 2. The molecule has 1 aromatic carbocycles. The van der Waals surface area contributed by atoms with Crippen LogP contribution < -0.4 is 15.4 Å². The average Bonchev–Trinajstić information content (AvgIpc) is 2.57. The normalized spacial score (nSPS) is 11.7. The summed E-state index contributed by atoms with van der Waals surface area (Å²) in [6.45, 7) is 3.75. The number of nitrogens with zero attached hydrogens (tertiary/aromatic N) is 2. The summed E-state index contributed by atoms with van der Waals surface area (Å²) < 4.78 is 29.4. The third-order valence-electron chi connectivity index (χ3n) is 3.97. The van der Waals surface area contributed by atoms with Gasteiger partial charge < -0.3 is 20.3 Å². The minimum atomic E-state index is -2.83. The topological polar surface area (TPSA) is 48.9 Å². The number of benzene rings is 1. The number of rotatable bonds is 10. The summed E-state index contributed by atoms with van der Waals surface area (Å²) in [4.78, 5) is 6.46. The van der Waals surface area contributed by atoms with Crippen molar-refractivity contribution in [3.8, 4) is 5.75 Å². The summed E-state index contributed by atoms with van der Waals surface area (Å²) >= 11 is 0. The first kappa shape index (κ1) is 24.8. The number of alkyl halides is 2. The van der Waals surface area contributed by atoms with Crippen LogP contribution in [0.15, 0.2) is 29.3 Å². The van der Waals surface area contributed by atoms with Crippen LogP contribution in [0.25, 0.3) is 0 Å². The lowest BCUT2D eigenvalue weighted by molar-refractivity contribution is -0.0504. The largest absolute Gasteiger partial charge is 0.434 e. The first-order chi connectivity index (χ1) is 11.9. The van der Waals surface area contributed by atoms with Crippen molar-refractivity contribution in [1.29, 1.82) is 0 Å². The molecular weight excluding hydrogens is 453 g/mol. The van der Waals surface area contributed by atoms with Crippen LogP contribution in [0.1, 0.15) is 32.3 Å². The maximum absolute atomic E-state index is 12.4. The highest BCUT2D eigenvalue weighted by molar-refractivity contribution is 14.0. The molecule has 1 rings (SSSR count). The third-order valence-corrected chi connectivity index (χ3v) is 3.97. The maximum Gasteiger partial charge on any atom is 0.387 e. The monoisotopic (exact) mass is 484 g/mol. The predicted molar refractivity (Wildman–Crippen MR) is 114 cm³/mol. The van der Waals surface area contributed by atoms with Crippen molar-refractivity contribution in [2.24, 2.45) is 4.99 Å². The van der Waals surface area contributed by atoms with Gasteiger partial charge in [0.15, 0.2) is 5.96 Å². The molecule has 0 bridgehead atoms. The molecule has 0 saturated heterocycles. The highest BCUT2D eigenvalue weighted by Gasteiger charge is 2.09. The molecule has 2 N–H and O–H groups in total. The molecule has 0 spiro atoms. The van der Waals surface area contributed by atoms with Crippen LogP contribution in [0, 0.1) is 0 Å². The maximum atomic E-state index is 12.4. The van der Waals surface area contributed by atoms with Crippen LogP contribution in [0.4, 0.5) is 8.78 Å². The number of nitrogens with one attached hydrogen (secondary N) is 2. The second-order valence-corrected chi connectivity index (χ2v) is 6.12. The van der Waals surface area contributed by atoms with Gasteiger partial charge in [-0.05, 0) is 46.3 Å². The standard InChI is InChI=1S/C18H30F2N4O.HI/c1-14(2)24(4)12-8-7-11-22-18(21-3)23-13-15-9-5-6-10-16(15)25-17(19)20;/h5-6,9-10,14,17H,7-8,11-13H2,1-4H3,(H2,21,22,23);1H. The van der Waals surface area contributed by atoms with E-state index in [4.69, 9.17) is 0 Å². The second kappa shape index (κ2) is 14.0. The van der Waals surface area contributed by atoms with Crippen molar-refractivity contribution >= 4 is 29.9 Å². The molecule has 1 aromatic rings. The van der Waals surface area contributed by atoms with E-state index >= 15 is 0 Å². The van der Waals surface area contributed by atoms with E-state index in [1.165, 1.54) is 6.07 Å². The van der Waals surface area contributed by atoms with Gasteiger partial charge in [-0.1, -0.05) is 18.2 Å². The van der Waals surface area contributed by atoms with Gasteiger partial charge in [0, 0.05) is 31.7 Å². The number of unbranched alkanes of at least 4 members (excludes halogenated alkanes) is 1. The van der Waals surface area contributed by atoms with Crippen LogP contribution in [0.3, 0.4) is 0 Å². The first-order valence-electron chi connectivity index (χ1n) is 8.61. The second-order valence-electron chi connectivity index (χ2n) is 6.12. The Morgan fingerprint density at radius 1 is 1.19 bits per heavy atom. The first-order valence-corrected chi connectivity index (χ1v) is 8.61. The smallest absolute Gasteiger partial charge is 0.387 e. The fourth-order valence-corrected chi connectivity index (χ4v) is 2.21. The van der Waals surface area contributed by atoms with E-state index in [1.54, 1.807) is 25.2 Å². The Bertz CT molecular complexity index is 530. The van der Waals surface area contributed by atoms with E-state index in [0.717, 1.165) is 25.9 Å².